The van der Waals surface area contributed by atoms with E-state index in [1.165, 1.54) is 30.3 Å². The van der Waals surface area contributed by atoms with Crippen molar-refractivity contribution in [3.05, 3.63) is 35.5 Å². The third-order valence-corrected chi connectivity index (χ3v) is 5.73. The lowest BCUT2D eigenvalue weighted by molar-refractivity contribution is -0.237. The monoisotopic (exact) mass is 444 g/mol. The number of hydrogen-bond acceptors (Lipinski definition) is 10. The van der Waals surface area contributed by atoms with Gasteiger partial charge in [-0.3, -0.25) is 10.1 Å². The normalized spacial score (nSPS) is 30.9. The van der Waals surface area contributed by atoms with Crippen LogP contribution in [0.5, 0.6) is 0 Å². The molecule has 8 N–H and O–H groups in total. The number of carbonyl (C=O) groups is 2. The molecule has 0 saturated carbocycles. The van der Waals surface area contributed by atoms with Gasteiger partial charge in [0.2, 0.25) is 0 Å². The number of benzene rings is 1. The fraction of sp³-hybridized carbons (Fsp3) is 0.375. The number of hydrazine groups is 1. The first kappa shape index (κ1) is 22.3. The third-order valence-electron chi connectivity index (χ3n) is 4.45. The fourth-order valence-corrected chi connectivity index (χ4v) is 3.69. The van der Waals surface area contributed by atoms with E-state index in [4.69, 9.17) is 9.84 Å². The van der Waals surface area contributed by atoms with Crippen molar-refractivity contribution < 1.29 is 43.2 Å². The number of amides is 3. The zero-order valence-corrected chi connectivity index (χ0v) is 16.0. The van der Waals surface area contributed by atoms with Gasteiger partial charge in [0, 0.05) is 0 Å². The number of ether oxygens (including phenoxy) is 1. The van der Waals surface area contributed by atoms with Gasteiger partial charge in [-0.05, 0) is 23.8 Å². The molecule has 3 rings (SSSR count). The van der Waals surface area contributed by atoms with Gasteiger partial charge in [0.05, 0.1) is 11.5 Å². The van der Waals surface area contributed by atoms with Crippen molar-refractivity contribution in [2.24, 2.45) is 0 Å². The molecule has 0 aliphatic carbocycles. The molecule has 30 heavy (non-hydrogen) atoms. The molecule has 164 valence electrons. The molecule has 14 heteroatoms. The summed E-state index contributed by atoms with van der Waals surface area (Å²) in [4.78, 5) is 24.4. The fourth-order valence-electron chi connectivity index (χ4n) is 2.81. The highest BCUT2D eigenvalue weighted by Gasteiger charge is 2.43. The predicted octanol–water partition coefficient (Wildman–Crippen LogP) is -3.55. The average molecular weight is 444 g/mol. The molecular formula is C16H20N4O9S. The molecule has 13 nitrogen and oxygen atoms in total. The van der Waals surface area contributed by atoms with Crippen LogP contribution in [0.15, 0.2) is 34.9 Å². The summed E-state index contributed by atoms with van der Waals surface area (Å²) in [5.41, 5.74) is 2.66. The Labute approximate surface area is 170 Å². The lowest BCUT2D eigenvalue weighted by Gasteiger charge is -2.40. The number of carbonyl (C=O) groups excluding carboxylic acids is 2. The maximum absolute atomic E-state index is 12.4. The van der Waals surface area contributed by atoms with Crippen LogP contribution in [0.4, 0.5) is 4.79 Å². The lowest BCUT2D eigenvalue weighted by Crippen LogP contribution is -2.64. The van der Waals surface area contributed by atoms with Gasteiger partial charge in [0.25, 0.3) is 15.9 Å². The Balaban J connectivity index is 1.66. The van der Waals surface area contributed by atoms with E-state index in [9.17, 15) is 33.3 Å². The maximum atomic E-state index is 12.4. The summed E-state index contributed by atoms with van der Waals surface area (Å²) in [6.45, 7) is -0.661. The van der Waals surface area contributed by atoms with Crippen molar-refractivity contribution in [1.82, 2.24) is 20.9 Å². The number of aliphatic hydroxyl groups is 4. The molecule has 0 spiro atoms. The summed E-state index contributed by atoms with van der Waals surface area (Å²) in [6, 6.07) is 4.60. The molecule has 3 amide bonds. The molecule has 5 atom stereocenters. The number of urea groups is 1. The second kappa shape index (κ2) is 8.75. The van der Waals surface area contributed by atoms with E-state index in [-0.39, 0.29) is 10.6 Å². The van der Waals surface area contributed by atoms with Crippen LogP contribution in [0.3, 0.4) is 0 Å². The van der Waals surface area contributed by atoms with Crippen LogP contribution >= 0.6 is 0 Å². The topological polar surface area (TPSA) is 207 Å². The Morgan fingerprint density at radius 3 is 2.27 bits per heavy atom. The minimum absolute atomic E-state index is 0.0121. The van der Waals surface area contributed by atoms with Gasteiger partial charge in [0.15, 0.2) is 6.23 Å². The largest absolute Gasteiger partial charge is 0.394 e. The first-order valence-corrected chi connectivity index (χ1v) is 10.1. The number of imide groups is 1. The molecular weight excluding hydrogens is 424 g/mol. The number of aliphatic hydroxyl groups excluding tert-OH is 4. The Morgan fingerprint density at radius 1 is 1.03 bits per heavy atom. The summed E-state index contributed by atoms with van der Waals surface area (Å²) < 4.78 is 30.0. The molecule has 0 radical (unpaired) electrons. The van der Waals surface area contributed by atoms with Gasteiger partial charge in [0.1, 0.15) is 30.1 Å². The number of nitrogens with one attached hydrogen (secondary N) is 4. The molecule has 1 aromatic rings. The minimum atomic E-state index is -4.13. The van der Waals surface area contributed by atoms with E-state index in [2.05, 4.69) is 10.7 Å². The van der Waals surface area contributed by atoms with Crippen LogP contribution < -0.4 is 20.9 Å². The quantitative estimate of drug-likeness (QED) is 0.123. The molecule has 0 aromatic heterocycles. The van der Waals surface area contributed by atoms with Gasteiger partial charge in [-0.1, -0.05) is 12.1 Å². The van der Waals surface area contributed by atoms with Gasteiger partial charge < -0.3 is 30.5 Å². The SMILES string of the molecule is O=C1NC(=O)/C(=C/c2ccc(S(=O)(=O)NN[C@@H]3O[C@H](CO)[C@H](O)[C@H](O)[C@H]3O)cc2)N1. The van der Waals surface area contributed by atoms with Crippen LogP contribution in [0.25, 0.3) is 6.08 Å². The molecule has 2 saturated heterocycles. The highest BCUT2D eigenvalue weighted by Crippen LogP contribution is 2.20. The molecule has 0 unspecified atom stereocenters. The first-order valence-electron chi connectivity index (χ1n) is 8.64. The second-order valence-corrected chi connectivity index (χ2v) is 8.22. The molecule has 2 aliphatic heterocycles. The third kappa shape index (κ3) is 4.66. The Bertz CT molecular complexity index is 948. The van der Waals surface area contributed by atoms with Gasteiger partial charge >= 0.3 is 6.03 Å². The molecule has 0 bridgehead atoms. The van der Waals surface area contributed by atoms with Crippen molar-refractivity contribution in [2.45, 2.75) is 35.5 Å². The molecule has 2 aliphatic rings. The van der Waals surface area contributed by atoms with E-state index in [1.807, 2.05) is 10.1 Å². The first-order chi connectivity index (χ1) is 14.1. The maximum Gasteiger partial charge on any atom is 0.326 e. The number of rotatable bonds is 6. The predicted molar refractivity (Wildman–Crippen MR) is 98.3 cm³/mol. The van der Waals surface area contributed by atoms with Crippen molar-refractivity contribution in [2.75, 3.05) is 6.61 Å². The number of hydrogen-bond donors (Lipinski definition) is 8. The van der Waals surface area contributed by atoms with Crippen molar-refractivity contribution in [1.29, 1.82) is 0 Å². The van der Waals surface area contributed by atoms with Crippen molar-refractivity contribution >= 4 is 28.0 Å². The Kier molecular flexibility index (Phi) is 6.49. The lowest BCUT2D eigenvalue weighted by atomic mass is 9.99. The van der Waals surface area contributed by atoms with Crippen LogP contribution in [0.1, 0.15) is 5.56 Å². The summed E-state index contributed by atoms with van der Waals surface area (Å²) in [7, 11) is -4.13. The van der Waals surface area contributed by atoms with Crippen LogP contribution in [0.2, 0.25) is 0 Å². The van der Waals surface area contributed by atoms with E-state index >= 15 is 0 Å². The Hall–Kier alpha value is -2.43. The van der Waals surface area contributed by atoms with Crippen molar-refractivity contribution in [3.63, 3.8) is 0 Å². The zero-order chi connectivity index (χ0) is 22.1. The second-order valence-electron chi connectivity index (χ2n) is 6.53. The van der Waals surface area contributed by atoms with Crippen LogP contribution in [-0.2, 0) is 19.6 Å². The summed E-state index contributed by atoms with van der Waals surface area (Å²) >= 11 is 0. The summed E-state index contributed by atoms with van der Waals surface area (Å²) in [5.74, 6) is -0.609. The Morgan fingerprint density at radius 2 is 1.70 bits per heavy atom. The zero-order valence-electron chi connectivity index (χ0n) is 15.2. The van der Waals surface area contributed by atoms with Gasteiger partial charge in [-0.2, -0.15) is 0 Å². The van der Waals surface area contributed by atoms with Crippen LogP contribution in [0, 0.1) is 0 Å². The molecule has 1 aromatic carbocycles. The molecule has 2 heterocycles. The standard InChI is InChI=1S/C16H20N4O9S/c21-6-10-11(22)12(23)13(24)15(29-10)19-20-30(27,28)8-3-1-7(2-4-8)5-9-14(25)18-16(26)17-9/h1-5,10-13,15,19-24H,6H2,(H2,17,18,25,26)/b9-5-/t10-,11+,12+,13-,15-/m1/s1. The average Bonchev–Trinajstić information content (AvgIpc) is 3.03. The van der Waals surface area contributed by atoms with E-state index in [0.29, 0.717) is 5.56 Å². The number of sulfonamides is 1. The van der Waals surface area contributed by atoms with Gasteiger partial charge in [-0.25, -0.2) is 18.6 Å². The summed E-state index contributed by atoms with van der Waals surface area (Å²) in [5, 5.41) is 42.9. The van der Waals surface area contributed by atoms with E-state index < -0.39 is 59.2 Å². The van der Waals surface area contributed by atoms with Crippen molar-refractivity contribution in [3.8, 4) is 0 Å². The molecule has 2 fully saturated rings. The van der Waals surface area contributed by atoms with E-state index in [1.54, 1.807) is 0 Å². The minimum Gasteiger partial charge on any atom is -0.394 e. The summed E-state index contributed by atoms with van der Waals surface area (Å²) in [6.07, 6.45) is -6.20. The highest BCUT2D eigenvalue weighted by molar-refractivity contribution is 7.89. The van der Waals surface area contributed by atoms with Gasteiger partial charge in [-0.15, -0.1) is 4.83 Å². The van der Waals surface area contributed by atoms with E-state index in [0.717, 1.165) is 0 Å². The smallest absolute Gasteiger partial charge is 0.326 e. The highest BCUT2D eigenvalue weighted by atomic mass is 32.2. The van der Waals surface area contributed by atoms with Crippen LogP contribution in [-0.4, -0.2) is 78.0 Å².